The lowest BCUT2D eigenvalue weighted by atomic mass is 9.87. The Labute approximate surface area is 293 Å². The Kier molecular flexibility index (Phi) is 9.43. The molecule has 2 aliphatic heterocycles. The van der Waals surface area contributed by atoms with Gasteiger partial charge in [-0.15, -0.1) is 0 Å². The zero-order valence-corrected chi connectivity index (χ0v) is 29.6. The van der Waals surface area contributed by atoms with E-state index in [-0.39, 0.29) is 34.8 Å². The van der Waals surface area contributed by atoms with Gasteiger partial charge in [-0.05, 0) is 96.9 Å². The van der Waals surface area contributed by atoms with Crippen LogP contribution < -0.4 is 0 Å². The first-order chi connectivity index (χ1) is 23.9. The summed E-state index contributed by atoms with van der Waals surface area (Å²) >= 11 is 0. The Bertz CT molecular complexity index is 1870. The fraction of sp³-hybridized carbons (Fsp3) is 0.541. The molecule has 0 unspecified atom stereocenters. The van der Waals surface area contributed by atoms with E-state index in [0.717, 1.165) is 18.6 Å². The maximum atomic E-state index is 14.6. The van der Waals surface area contributed by atoms with Gasteiger partial charge in [-0.3, -0.25) is 24.3 Å². The van der Waals surface area contributed by atoms with Crippen LogP contribution in [0.1, 0.15) is 80.3 Å². The van der Waals surface area contributed by atoms with Crippen LogP contribution in [0.4, 0.5) is 22.4 Å². The number of benzene rings is 1. The first-order valence-electron chi connectivity index (χ1n) is 17.3. The van der Waals surface area contributed by atoms with E-state index in [0.29, 0.717) is 59.5 Å². The van der Waals surface area contributed by atoms with E-state index in [1.807, 2.05) is 0 Å². The van der Waals surface area contributed by atoms with Crippen molar-refractivity contribution in [3.05, 3.63) is 59.3 Å². The number of pyridine rings is 1. The molecule has 3 amide bonds. The van der Waals surface area contributed by atoms with Crippen LogP contribution in [0.3, 0.4) is 0 Å². The van der Waals surface area contributed by atoms with Crippen LogP contribution in [-0.2, 0) is 9.53 Å². The van der Waals surface area contributed by atoms with Crippen molar-refractivity contribution < 1.29 is 41.5 Å². The van der Waals surface area contributed by atoms with E-state index in [2.05, 4.69) is 4.98 Å². The Morgan fingerprint density at radius 2 is 1.75 bits per heavy atom. The Morgan fingerprint density at radius 3 is 2.37 bits per heavy atom. The molecule has 51 heavy (non-hydrogen) atoms. The smallest absolute Gasteiger partial charge is 0.410 e. The fourth-order valence-corrected chi connectivity index (χ4v) is 7.64. The van der Waals surface area contributed by atoms with Crippen LogP contribution in [0.25, 0.3) is 16.6 Å². The fourth-order valence-electron chi connectivity index (χ4n) is 7.64. The summed E-state index contributed by atoms with van der Waals surface area (Å²) < 4.78 is 62.3. The molecule has 3 aliphatic rings. The molecule has 3 aromatic rings. The normalized spacial score (nSPS) is 20.9. The maximum absolute atomic E-state index is 14.6. The minimum absolute atomic E-state index is 0.107. The van der Waals surface area contributed by atoms with Gasteiger partial charge in [-0.1, -0.05) is 0 Å². The molecule has 0 bridgehead atoms. The van der Waals surface area contributed by atoms with E-state index in [1.54, 1.807) is 48.1 Å². The number of likely N-dealkylation sites (tertiary alicyclic amines) is 2. The molecule has 1 saturated carbocycles. The summed E-state index contributed by atoms with van der Waals surface area (Å²) in [5.41, 5.74) is 0.363. The second-order valence-corrected chi connectivity index (χ2v) is 15.2. The monoisotopic (exact) mass is 713 g/mol. The third-order valence-electron chi connectivity index (χ3n) is 10.1. The van der Waals surface area contributed by atoms with Crippen molar-refractivity contribution in [3.8, 4) is 5.69 Å². The van der Waals surface area contributed by atoms with Crippen LogP contribution in [0, 0.1) is 30.5 Å². The van der Waals surface area contributed by atoms with E-state index < -0.39 is 54.1 Å². The summed E-state index contributed by atoms with van der Waals surface area (Å²) in [4.78, 5) is 62.9. The molecule has 1 aliphatic carbocycles. The molecule has 3 fully saturated rings. The van der Waals surface area contributed by atoms with Crippen LogP contribution in [0.2, 0.25) is 0 Å². The van der Waals surface area contributed by atoms with Crippen LogP contribution in [-0.4, -0.2) is 98.0 Å². The summed E-state index contributed by atoms with van der Waals surface area (Å²) in [6.45, 7) is 9.55. The van der Waals surface area contributed by atoms with Gasteiger partial charge in [0.15, 0.2) is 5.78 Å². The van der Waals surface area contributed by atoms with Crippen molar-refractivity contribution in [1.29, 1.82) is 0 Å². The average molecular weight is 714 g/mol. The van der Waals surface area contributed by atoms with Crippen LogP contribution in [0.15, 0.2) is 36.7 Å². The number of ether oxygens (including phenoxy) is 1. The van der Waals surface area contributed by atoms with Crippen molar-refractivity contribution >= 4 is 34.6 Å². The quantitative estimate of drug-likeness (QED) is 0.203. The second kappa shape index (κ2) is 13.2. The van der Waals surface area contributed by atoms with Gasteiger partial charge >= 0.3 is 12.3 Å². The zero-order valence-electron chi connectivity index (χ0n) is 29.6. The lowest BCUT2D eigenvalue weighted by Crippen LogP contribution is -2.52. The second-order valence-electron chi connectivity index (χ2n) is 15.2. The number of ketones is 1. The molecule has 14 heteroatoms. The number of hydrogen-bond acceptors (Lipinski definition) is 6. The van der Waals surface area contributed by atoms with Crippen LogP contribution >= 0.6 is 0 Å². The highest BCUT2D eigenvalue weighted by molar-refractivity contribution is 6.11. The number of rotatable bonds is 7. The third kappa shape index (κ3) is 7.18. The van der Waals surface area contributed by atoms with Gasteiger partial charge in [0.2, 0.25) is 5.91 Å². The Balaban J connectivity index is 1.26. The number of fused-ring (bicyclic) bond motifs is 2. The SMILES string of the molecule is Cc1c(C(=O)C2CCN(C(=O)[C@@H]3[C@H]4C[C@H]4CN3C(=O)OC(C)(C)C)CC2)c2ccncc2n1-c1ccc(F)cc1C(=O)N(CC(F)(F)F)C(C)C. The van der Waals surface area contributed by atoms with Gasteiger partial charge in [0.1, 0.15) is 24.0 Å². The molecule has 1 aromatic carbocycles. The standard InChI is InChI=1S/C37H43F4N5O5/c1-20(2)45(19-37(39,40)41)33(48)27-16-24(38)7-8-28(27)46-21(3)30(25-9-12-42-17-29(25)46)32(47)22-10-13-43(14-11-22)34(49)31-26-15-23(26)18-44(31)35(50)51-36(4,5)6/h7-9,12,16-17,20,22-23,26,31H,10-11,13-15,18-19H2,1-6H3/t23-,26-,31-/m0/s1. The number of Topliss-reactive ketones (excluding diaryl/α,β-unsaturated/α-hetero) is 1. The third-order valence-corrected chi connectivity index (χ3v) is 10.1. The molecule has 0 N–H and O–H groups in total. The summed E-state index contributed by atoms with van der Waals surface area (Å²) in [7, 11) is 0. The predicted molar refractivity (Wildman–Crippen MR) is 180 cm³/mol. The maximum Gasteiger partial charge on any atom is 0.410 e. The highest BCUT2D eigenvalue weighted by Crippen LogP contribution is 2.50. The molecule has 3 atom stereocenters. The summed E-state index contributed by atoms with van der Waals surface area (Å²) in [6.07, 6.45) is -0.496. The number of nitrogens with zero attached hydrogens (tertiary/aromatic N) is 5. The first-order valence-corrected chi connectivity index (χ1v) is 17.3. The number of hydrogen-bond donors (Lipinski definition) is 0. The van der Waals surface area contributed by atoms with Gasteiger partial charge in [-0.25, -0.2) is 9.18 Å². The Morgan fingerprint density at radius 1 is 1.06 bits per heavy atom. The molecule has 274 valence electrons. The number of aromatic nitrogens is 2. The topological polar surface area (TPSA) is 105 Å². The molecule has 4 heterocycles. The number of piperidine rings is 2. The number of amides is 3. The number of carbonyl (C=O) groups excluding carboxylic acids is 4. The molecule has 2 aromatic heterocycles. The van der Waals surface area contributed by atoms with Gasteiger partial charge in [0, 0.05) is 54.4 Å². The number of alkyl halides is 3. The lowest BCUT2D eigenvalue weighted by molar-refractivity contribution is -0.143. The number of carbonyl (C=O) groups is 4. The molecular weight excluding hydrogens is 670 g/mol. The summed E-state index contributed by atoms with van der Waals surface area (Å²) in [5, 5.41) is 0.531. The highest BCUT2D eigenvalue weighted by atomic mass is 19.4. The van der Waals surface area contributed by atoms with Crippen molar-refractivity contribution in [2.24, 2.45) is 17.8 Å². The van der Waals surface area contributed by atoms with Crippen LogP contribution in [0.5, 0.6) is 0 Å². The first kappa shape index (κ1) is 36.3. The highest BCUT2D eigenvalue weighted by Gasteiger charge is 2.58. The zero-order chi connectivity index (χ0) is 37.2. The van der Waals surface area contributed by atoms with Crippen molar-refractivity contribution in [2.45, 2.75) is 84.7 Å². The predicted octanol–water partition coefficient (Wildman–Crippen LogP) is 6.56. The summed E-state index contributed by atoms with van der Waals surface area (Å²) in [6, 6.07) is 3.59. The largest absolute Gasteiger partial charge is 0.444 e. The molecular formula is C37H43F4N5O5. The van der Waals surface area contributed by atoms with E-state index in [4.69, 9.17) is 4.74 Å². The van der Waals surface area contributed by atoms with Gasteiger partial charge in [0.25, 0.3) is 5.91 Å². The van der Waals surface area contributed by atoms with Gasteiger partial charge in [-0.2, -0.15) is 13.2 Å². The van der Waals surface area contributed by atoms with Crippen molar-refractivity contribution in [1.82, 2.24) is 24.3 Å². The van der Waals surface area contributed by atoms with E-state index >= 15 is 0 Å². The average Bonchev–Trinajstić information content (AvgIpc) is 3.61. The van der Waals surface area contributed by atoms with Crippen molar-refractivity contribution in [2.75, 3.05) is 26.2 Å². The molecule has 6 rings (SSSR count). The summed E-state index contributed by atoms with van der Waals surface area (Å²) in [5.74, 6) is -2.17. The van der Waals surface area contributed by atoms with E-state index in [9.17, 15) is 36.7 Å². The molecule has 0 spiro atoms. The minimum Gasteiger partial charge on any atom is -0.444 e. The minimum atomic E-state index is -4.68. The van der Waals surface area contributed by atoms with Crippen molar-refractivity contribution in [3.63, 3.8) is 0 Å². The molecule has 2 saturated heterocycles. The lowest BCUT2D eigenvalue weighted by Gasteiger charge is -2.36. The molecule has 0 radical (unpaired) electrons. The van der Waals surface area contributed by atoms with Gasteiger partial charge < -0.3 is 19.1 Å². The molecule has 10 nitrogen and oxygen atoms in total. The van der Waals surface area contributed by atoms with Gasteiger partial charge in [0.05, 0.1) is 23.0 Å². The Hall–Kier alpha value is -4.49. The van der Waals surface area contributed by atoms with E-state index in [1.165, 1.54) is 32.3 Å². The number of halogens is 4.